The van der Waals surface area contributed by atoms with Gasteiger partial charge in [-0.1, -0.05) is 0 Å². The molecule has 0 N–H and O–H groups in total. The third-order valence-electron chi connectivity index (χ3n) is 2.41. The molecule has 0 unspecified atom stereocenters. The zero-order chi connectivity index (χ0) is 10.8. The molecule has 0 aromatic carbocycles. The number of hydrogen-bond donors (Lipinski definition) is 0. The van der Waals surface area contributed by atoms with E-state index in [-0.39, 0.29) is 17.8 Å². The van der Waals surface area contributed by atoms with Gasteiger partial charge >= 0.3 is 5.97 Å². The second-order valence-electron chi connectivity index (χ2n) is 4.94. The minimum atomic E-state index is -0.420. The molecule has 0 spiro atoms. The zero-order valence-electron chi connectivity index (χ0n) is 9.08. The van der Waals surface area contributed by atoms with Gasteiger partial charge in [-0.2, -0.15) is 0 Å². The number of carbonyl (C=O) groups is 2. The average molecular weight is 198 g/mol. The number of aldehydes is 1. The first-order chi connectivity index (χ1) is 6.42. The molecule has 0 bridgehead atoms. The van der Waals surface area contributed by atoms with Gasteiger partial charge in [-0.25, -0.2) is 0 Å². The molecule has 0 aliphatic heterocycles. The quantitative estimate of drug-likeness (QED) is 0.503. The summed E-state index contributed by atoms with van der Waals surface area (Å²) in [6.07, 6.45) is 3.23. The average Bonchev–Trinajstić information content (AvgIpc) is 2.48. The van der Waals surface area contributed by atoms with E-state index in [0.29, 0.717) is 6.42 Å². The molecule has 1 aliphatic carbocycles. The Morgan fingerprint density at radius 2 is 2.00 bits per heavy atom. The molecule has 1 aliphatic rings. The predicted octanol–water partition coefficient (Wildman–Crippen LogP) is 1.94. The summed E-state index contributed by atoms with van der Waals surface area (Å²) in [5.74, 6) is -0.154. The Morgan fingerprint density at radius 1 is 1.36 bits per heavy atom. The number of carbonyl (C=O) groups excluding carboxylic acids is 2. The second kappa shape index (κ2) is 4.11. The summed E-state index contributed by atoms with van der Waals surface area (Å²) in [7, 11) is 0. The van der Waals surface area contributed by atoms with Crippen molar-refractivity contribution in [2.24, 2.45) is 11.8 Å². The lowest BCUT2D eigenvalue weighted by Crippen LogP contribution is -2.27. The van der Waals surface area contributed by atoms with E-state index in [9.17, 15) is 9.59 Å². The Hall–Kier alpha value is -0.860. The zero-order valence-corrected chi connectivity index (χ0v) is 9.08. The van der Waals surface area contributed by atoms with E-state index in [4.69, 9.17) is 4.74 Å². The fourth-order valence-corrected chi connectivity index (χ4v) is 1.74. The molecule has 2 atom stereocenters. The van der Waals surface area contributed by atoms with Crippen molar-refractivity contribution in [2.75, 3.05) is 0 Å². The topological polar surface area (TPSA) is 43.4 Å². The van der Waals surface area contributed by atoms with Gasteiger partial charge in [-0.3, -0.25) is 4.79 Å². The molecule has 1 fully saturated rings. The second-order valence-corrected chi connectivity index (χ2v) is 4.94. The SMILES string of the molecule is CC(C)(C)OC(=O)[C@@H]1CC[C@H](C=O)C1. The van der Waals surface area contributed by atoms with Gasteiger partial charge in [0.25, 0.3) is 0 Å². The molecular weight excluding hydrogens is 180 g/mol. The summed E-state index contributed by atoms with van der Waals surface area (Å²) in [6, 6.07) is 0. The molecule has 1 saturated carbocycles. The minimum Gasteiger partial charge on any atom is -0.460 e. The fourth-order valence-electron chi connectivity index (χ4n) is 1.74. The van der Waals surface area contributed by atoms with Gasteiger partial charge in [-0.05, 0) is 40.0 Å². The first kappa shape index (κ1) is 11.2. The van der Waals surface area contributed by atoms with Crippen molar-refractivity contribution in [3.05, 3.63) is 0 Å². The molecule has 0 aromatic heterocycles. The van der Waals surface area contributed by atoms with Crippen LogP contribution in [-0.4, -0.2) is 17.9 Å². The maximum atomic E-state index is 11.6. The smallest absolute Gasteiger partial charge is 0.309 e. The summed E-state index contributed by atoms with van der Waals surface area (Å²) < 4.78 is 5.26. The third-order valence-corrected chi connectivity index (χ3v) is 2.41. The molecule has 3 heteroatoms. The van der Waals surface area contributed by atoms with E-state index in [1.54, 1.807) is 0 Å². The summed E-state index contributed by atoms with van der Waals surface area (Å²) in [5.41, 5.74) is -0.420. The molecule has 0 radical (unpaired) electrons. The maximum Gasteiger partial charge on any atom is 0.309 e. The highest BCUT2D eigenvalue weighted by molar-refractivity contribution is 5.74. The number of rotatable bonds is 2. The van der Waals surface area contributed by atoms with Crippen LogP contribution in [0.5, 0.6) is 0 Å². The van der Waals surface area contributed by atoms with Crippen molar-refractivity contribution in [2.45, 2.75) is 45.6 Å². The molecule has 1 rings (SSSR count). The van der Waals surface area contributed by atoms with Crippen LogP contribution in [0.1, 0.15) is 40.0 Å². The molecule has 0 heterocycles. The first-order valence-electron chi connectivity index (χ1n) is 5.10. The predicted molar refractivity (Wildman–Crippen MR) is 52.7 cm³/mol. The molecule has 80 valence electrons. The Kier molecular flexibility index (Phi) is 3.29. The van der Waals surface area contributed by atoms with Gasteiger partial charge in [0.2, 0.25) is 0 Å². The van der Waals surface area contributed by atoms with Crippen molar-refractivity contribution < 1.29 is 14.3 Å². The molecular formula is C11H18O3. The van der Waals surface area contributed by atoms with Crippen molar-refractivity contribution in [1.82, 2.24) is 0 Å². The van der Waals surface area contributed by atoms with Crippen LogP contribution in [0, 0.1) is 11.8 Å². The van der Waals surface area contributed by atoms with Crippen molar-refractivity contribution in [1.29, 1.82) is 0 Å². The summed E-state index contributed by atoms with van der Waals surface area (Å²) in [6.45, 7) is 5.57. The fraction of sp³-hybridized carbons (Fsp3) is 0.818. The summed E-state index contributed by atoms with van der Waals surface area (Å²) in [4.78, 5) is 22.1. The third kappa shape index (κ3) is 3.13. The summed E-state index contributed by atoms with van der Waals surface area (Å²) in [5, 5.41) is 0. The lowest BCUT2D eigenvalue weighted by Gasteiger charge is -2.21. The van der Waals surface area contributed by atoms with Crippen LogP contribution in [0.3, 0.4) is 0 Å². The van der Waals surface area contributed by atoms with Crippen LogP contribution in [0.15, 0.2) is 0 Å². The minimum absolute atomic E-state index is 0.0625. The van der Waals surface area contributed by atoms with Gasteiger partial charge in [0, 0.05) is 5.92 Å². The maximum absolute atomic E-state index is 11.6. The normalized spacial score (nSPS) is 27.4. The lowest BCUT2D eigenvalue weighted by molar-refractivity contribution is -0.159. The van der Waals surface area contributed by atoms with E-state index < -0.39 is 5.60 Å². The molecule has 3 nitrogen and oxygen atoms in total. The van der Waals surface area contributed by atoms with Crippen molar-refractivity contribution in [3.8, 4) is 0 Å². The highest BCUT2D eigenvalue weighted by Crippen LogP contribution is 2.31. The van der Waals surface area contributed by atoms with Gasteiger partial charge in [0.05, 0.1) is 5.92 Å². The van der Waals surface area contributed by atoms with Crippen LogP contribution in [-0.2, 0) is 14.3 Å². The van der Waals surface area contributed by atoms with E-state index in [2.05, 4.69) is 0 Å². The van der Waals surface area contributed by atoms with Gasteiger partial charge in [-0.15, -0.1) is 0 Å². The molecule has 0 amide bonds. The Balaban J connectivity index is 2.43. The van der Waals surface area contributed by atoms with E-state index in [1.165, 1.54) is 0 Å². The molecule has 0 aromatic rings. The standard InChI is InChI=1S/C11H18O3/c1-11(2,3)14-10(13)9-5-4-8(6-9)7-12/h7-9H,4-6H2,1-3H3/t8-,9+/m0/s1. The highest BCUT2D eigenvalue weighted by Gasteiger charge is 2.32. The van der Waals surface area contributed by atoms with E-state index >= 15 is 0 Å². The summed E-state index contributed by atoms with van der Waals surface area (Å²) >= 11 is 0. The van der Waals surface area contributed by atoms with Crippen LogP contribution in [0.25, 0.3) is 0 Å². The molecule has 14 heavy (non-hydrogen) atoms. The first-order valence-corrected chi connectivity index (χ1v) is 5.10. The van der Waals surface area contributed by atoms with Crippen molar-refractivity contribution in [3.63, 3.8) is 0 Å². The van der Waals surface area contributed by atoms with E-state index in [0.717, 1.165) is 19.1 Å². The van der Waals surface area contributed by atoms with Gasteiger partial charge in [0.15, 0.2) is 0 Å². The largest absolute Gasteiger partial charge is 0.460 e. The van der Waals surface area contributed by atoms with Crippen LogP contribution >= 0.6 is 0 Å². The van der Waals surface area contributed by atoms with Gasteiger partial charge in [0.1, 0.15) is 11.9 Å². The number of esters is 1. The van der Waals surface area contributed by atoms with Crippen LogP contribution in [0.2, 0.25) is 0 Å². The molecule has 0 saturated heterocycles. The van der Waals surface area contributed by atoms with E-state index in [1.807, 2.05) is 20.8 Å². The Labute approximate surface area is 84.8 Å². The Bertz CT molecular complexity index is 227. The van der Waals surface area contributed by atoms with Crippen molar-refractivity contribution >= 4 is 12.3 Å². The van der Waals surface area contributed by atoms with Crippen LogP contribution < -0.4 is 0 Å². The lowest BCUT2D eigenvalue weighted by atomic mass is 10.1. The van der Waals surface area contributed by atoms with Crippen LogP contribution in [0.4, 0.5) is 0 Å². The van der Waals surface area contributed by atoms with Gasteiger partial charge < -0.3 is 9.53 Å². The number of hydrogen-bond acceptors (Lipinski definition) is 3. The number of ether oxygens (including phenoxy) is 1. The highest BCUT2D eigenvalue weighted by atomic mass is 16.6. The Morgan fingerprint density at radius 3 is 2.43 bits per heavy atom. The monoisotopic (exact) mass is 198 g/mol.